The number of carbonyl (C=O) groups is 1. The van der Waals surface area contributed by atoms with E-state index in [-0.39, 0.29) is 29.0 Å². The molecular weight excluding hydrogens is 466 g/mol. The molecule has 0 aliphatic carbocycles. The van der Waals surface area contributed by atoms with Gasteiger partial charge in [-0.2, -0.15) is 0 Å². The van der Waals surface area contributed by atoms with Gasteiger partial charge >= 0.3 is 5.97 Å². The highest BCUT2D eigenvalue weighted by molar-refractivity contribution is 5.87. The molecule has 2 aromatic carbocycles. The van der Waals surface area contributed by atoms with Crippen LogP contribution in [0.2, 0.25) is 0 Å². The third-order valence-corrected chi connectivity index (χ3v) is 5.24. The molecule has 0 aromatic heterocycles. The topological polar surface area (TPSA) is 192 Å². The molecule has 0 spiro atoms. The summed E-state index contributed by atoms with van der Waals surface area (Å²) in [5, 5.41) is 68.5. The van der Waals surface area contributed by atoms with Gasteiger partial charge in [-0.1, -0.05) is 18.2 Å². The summed E-state index contributed by atoms with van der Waals surface area (Å²) < 4.78 is 16.1. The van der Waals surface area contributed by atoms with Gasteiger partial charge in [-0.05, 0) is 47.9 Å². The zero-order valence-electron chi connectivity index (χ0n) is 18.4. The fourth-order valence-electron chi connectivity index (χ4n) is 3.27. The highest BCUT2D eigenvalue weighted by Crippen LogP contribution is 2.26. The summed E-state index contributed by atoms with van der Waals surface area (Å²) in [5.74, 6) is -1.20. The predicted molar refractivity (Wildman–Crippen MR) is 119 cm³/mol. The highest BCUT2D eigenvalue weighted by Gasteiger charge is 2.45. The summed E-state index contributed by atoms with van der Waals surface area (Å²) in [4.78, 5) is 12.0. The second-order valence-electron chi connectivity index (χ2n) is 7.81. The molecule has 1 saturated heterocycles. The maximum atomic E-state index is 12.0. The molecule has 0 amide bonds. The first-order valence-electron chi connectivity index (χ1n) is 10.6. The van der Waals surface area contributed by atoms with Gasteiger partial charge in [0.25, 0.3) is 0 Å². The van der Waals surface area contributed by atoms with E-state index in [0.717, 1.165) is 11.6 Å². The fourth-order valence-corrected chi connectivity index (χ4v) is 3.27. The lowest BCUT2D eigenvalue weighted by Gasteiger charge is -2.39. The van der Waals surface area contributed by atoms with Crippen LogP contribution in [-0.4, -0.2) is 85.8 Å². The lowest BCUT2D eigenvalue weighted by atomic mass is 9.99. The monoisotopic (exact) mass is 492 g/mol. The van der Waals surface area contributed by atoms with E-state index in [4.69, 9.17) is 19.4 Å². The van der Waals surface area contributed by atoms with Crippen molar-refractivity contribution in [2.75, 3.05) is 13.2 Å². The van der Waals surface area contributed by atoms with Crippen LogP contribution in [0.4, 0.5) is 0 Å². The van der Waals surface area contributed by atoms with Gasteiger partial charge in [0.05, 0.1) is 0 Å². The van der Waals surface area contributed by atoms with Crippen molar-refractivity contribution in [1.82, 2.24) is 5.23 Å². The first-order valence-corrected chi connectivity index (χ1v) is 10.6. The predicted octanol–water partition coefficient (Wildman–Crippen LogP) is 0.272. The molecule has 3 rings (SSSR count). The number of aliphatic hydroxyl groups is 3. The van der Waals surface area contributed by atoms with Crippen LogP contribution in [0.25, 0.3) is 6.08 Å². The minimum Gasteiger partial charge on any atom is -0.762 e. The van der Waals surface area contributed by atoms with Gasteiger partial charge < -0.3 is 50.2 Å². The average Bonchev–Trinajstić information content (AvgIpc) is 2.83. The smallest absolute Gasteiger partial charge is 0.330 e. The second kappa shape index (κ2) is 12.0. The normalized spacial score (nSPS) is 24.6. The summed E-state index contributed by atoms with van der Waals surface area (Å²) in [6.45, 7) is -0.567. The van der Waals surface area contributed by atoms with Crippen molar-refractivity contribution in [2.24, 2.45) is 0 Å². The molecule has 1 aliphatic rings. The van der Waals surface area contributed by atoms with E-state index in [2.05, 4.69) is 0 Å². The molecule has 12 heteroatoms. The molecule has 0 unspecified atom stereocenters. The number of esters is 1. The number of phenols is 2. The Bertz CT molecular complexity index is 1010. The minimum atomic E-state index is -1.64. The van der Waals surface area contributed by atoms with Crippen LogP contribution in [0.3, 0.4) is 0 Å². The third kappa shape index (κ3) is 7.37. The molecule has 12 nitrogen and oxygen atoms in total. The minimum absolute atomic E-state index is 0.109. The van der Waals surface area contributed by atoms with Crippen molar-refractivity contribution >= 4 is 12.0 Å². The number of phenolic OH excluding ortho intramolecular Hbond substituents is 2. The molecule has 5 atom stereocenters. The van der Waals surface area contributed by atoms with E-state index >= 15 is 0 Å². The van der Waals surface area contributed by atoms with E-state index in [1.165, 1.54) is 36.4 Å². The van der Waals surface area contributed by atoms with E-state index in [1.807, 2.05) is 0 Å². The van der Waals surface area contributed by atoms with Crippen LogP contribution in [0.15, 0.2) is 48.5 Å². The van der Waals surface area contributed by atoms with Gasteiger partial charge in [-0.3, -0.25) is 5.23 Å². The first-order chi connectivity index (χ1) is 16.6. The Labute approximate surface area is 200 Å². The molecule has 0 bridgehead atoms. The Morgan fingerprint density at radius 3 is 2.40 bits per heavy atom. The zero-order valence-corrected chi connectivity index (χ0v) is 18.4. The maximum absolute atomic E-state index is 12.0. The number of aliphatic hydroxyl groups excluding tert-OH is 3. The third-order valence-electron chi connectivity index (χ3n) is 5.24. The summed E-state index contributed by atoms with van der Waals surface area (Å²) in [7, 11) is 0. The maximum Gasteiger partial charge on any atom is 0.330 e. The summed E-state index contributed by atoms with van der Waals surface area (Å²) >= 11 is 0. The number of benzene rings is 2. The Balaban J connectivity index is 1.56. The van der Waals surface area contributed by atoms with Crippen LogP contribution < -0.4 is 4.74 Å². The number of rotatable bonds is 9. The summed E-state index contributed by atoms with van der Waals surface area (Å²) in [5.41, 5.74) is 1.17. The van der Waals surface area contributed by atoms with Crippen LogP contribution in [0, 0.1) is 5.21 Å². The zero-order chi connectivity index (χ0) is 25.5. The summed E-state index contributed by atoms with van der Waals surface area (Å²) in [6.07, 6.45) is -4.70. The van der Waals surface area contributed by atoms with Crippen LogP contribution in [-0.2, 0) is 20.7 Å². The molecule has 190 valence electrons. The van der Waals surface area contributed by atoms with Crippen LogP contribution >= 0.6 is 0 Å². The Hall–Kier alpha value is -3.23. The van der Waals surface area contributed by atoms with Gasteiger partial charge in [0.1, 0.15) is 36.8 Å². The highest BCUT2D eigenvalue weighted by atomic mass is 16.8. The van der Waals surface area contributed by atoms with Gasteiger partial charge in [-0.15, -0.1) is 0 Å². The Kier molecular flexibility index (Phi) is 9.01. The molecular formula is C23H26NO11-. The van der Waals surface area contributed by atoms with Gasteiger partial charge in [0.15, 0.2) is 11.5 Å². The van der Waals surface area contributed by atoms with Crippen LogP contribution in [0.5, 0.6) is 17.2 Å². The molecule has 1 fully saturated rings. The Morgan fingerprint density at radius 2 is 1.74 bits per heavy atom. The molecule has 1 aliphatic heterocycles. The first kappa shape index (κ1) is 26.4. The molecule has 0 saturated carbocycles. The van der Waals surface area contributed by atoms with Crippen molar-refractivity contribution in [3.8, 4) is 17.2 Å². The molecule has 2 aromatic rings. The second-order valence-corrected chi connectivity index (χ2v) is 7.81. The number of carbonyl (C=O) groups excluding carboxylic acids is 1. The number of aromatic hydroxyl groups is 2. The SMILES string of the molecule is O=C(C=Cc1ccc(O)c(O)c1)OC[C@H]1O[C@@H](Oc2ccc(CCN([O-])O)cc2)[C@H](O)[C@@H](O)[C@@H]1O. The van der Waals surface area contributed by atoms with Crippen molar-refractivity contribution in [2.45, 2.75) is 37.1 Å². The molecule has 1 heterocycles. The quantitative estimate of drug-likeness (QED) is 0.121. The molecule has 35 heavy (non-hydrogen) atoms. The lowest BCUT2D eigenvalue weighted by Crippen LogP contribution is -2.60. The number of hydrogen-bond acceptors (Lipinski definition) is 12. The van der Waals surface area contributed by atoms with Crippen molar-refractivity contribution in [3.05, 3.63) is 64.9 Å². The molecule has 6 N–H and O–H groups in total. The Morgan fingerprint density at radius 1 is 1.03 bits per heavy atom. The van der Waals surface area contributed by atoms with Gasteiger partial charge in [0, 0.05) is 12.6 Å². The number of ether oxygens (including phenoxy) is 3. The van der Waals surface area contributed by atoms with E-state index in [0.29, 0.717) is 12.0 Å². The van der Waals surface area contributed by atoms with Gasteiger partial charge in [0.2, 0.25) is 6.29 Å². The van der Waals surface area contributed by atoms with Crippen molar-refractivity contribution in [3.63, 3.8) is 0 Å². The largest absolute Gasteiger partial charge is 0.762 e. The van der Waals surface area contributed by atoms with E-state index in [9.17, 15) is 35.5 Å². The standard InChI is InChI=1S/C23H26NO11/c25-16-7-3-14(11-17(16)26)4-8-19(27)33-12-18-20(28)21(29)22(30)23(35-18)34-15-5-1-13(2-6-15)9-10-24(31)32/h1-8,11,18,20-23,25-26,28-31H,9-10,12H2/q-1/t18-,20-,21+,22-,23-/m1/s1. The van der Waals surface area contributed by atoms with E-state index < -0.39 is 43.3 Å². The average molecular weight is 492 g/mol. The van der Waals surface area contributed by atoms with Crippen LogP contribution in [0.1, 0.15) is 11.1 Å². The summed E-state index contributed by atoms with van der Waals surface area (Å²) in [6, 6.07) is 10.3. The van der Waals surface area contributed by atoms with Gasteiger partial charge in [-0.25, -0.2) is 4.79 Å². The number of hydrogen-bond donors (Lipinski definition) is 6. The van der Waals surface area contributed by atoms with E-state index in [1.54, 1.807) is 12.1 Å². The van der Waals surface area contributed by atoms with Crippen molar-refractivity contribution < 1.29 is 49.7 Å². The molecule has 0 radical (unpaired) electrons. The lowest BCUT2D eigenvalue weighted by molar-refractivity contribution is -0.278. The number of nitrogens with zero attached hydrogens (tertiary/aromatic N) is 1. The fraction of sp³-hybridized carbons (Fsp3) is 0.348. The number of hydroxylamine groups is 2. The van der Waals surface area contributed by atoms with Crippen molar-refractivity contribution in [1.29, 1.82) is 0 Å².